The number of carbonyl (C=O) groups excluding carboxylic acids is 1. The quantitative estimate of drug-likeness (QED) is 0.794. The molecule has 0 saturated carbocycles. The van der Waals surface area contributed by atoms with Gasteiger partial charge in [-0.25, -0.2) is 9.59 Å². The van der Waals surface area contributed by atoms with Crippen LogP contribution in [-0.2, 0) is 4.79 Å². The molecule has 3 N–H and O–H groups in total. The number of benzene rings is 1. The van der Waals surface area contributed by atoms with E-state index in [2.05, 4.69) is 26.6 Å². The molecule has 0 spiro atoms. The van der Waals surface area contributed by atoms with Crippen LogP contribution in [0.5, 0.6) is 0 Å². The molecule has 6 heteroatoms. The van der Waals surface area contributed by atoms with E-state index in [4.69, 9.17) is 5.11 Å². The first-order chi connectivity index (χ1) is 8.85. The lowest BCUT2D eigenvalue weighted by Crippen LogP contribution is -2.42. The number of anilines is 1. The third kappa shape index (κ3) is 4.24. The van der Waals surface area contributed by atoms with Crippen LogP contribution < -0.4 is 10.6 Å². The Morgan fingerprint density at radius 3 is 2.26 bits per heavy atom. The number of halogens is 1. The van der Waals surface area contributed by atoms with Crippen LogP contribution in [0.1, 0.15) is 24.5 Å². The monoisotopic (exact) mass is 328 g/mol. The molecule has 1 rings (SSSR count). The fourth-order valence-corrected chi connectivity index (χ4v) is 1.91. The maximum atomic E-state index is 11.7. The van der Waals surface area contributed by atoms with Crippen molar-refractivity contribution in [2.24, 2.45) is 0 Å². The Morgan fingerprint density at radius 2 is 1.84 bits per heavy atom. The van der Waals surface area contributed by atoms with Gasteiger partial charge in [0, 0.05) is 10.2 Å². The van der Waals surface area contributed by atoms with Crippen LogP contribution in [0.15, 0.2) is 16.6 Å². The summed E-state index contributed by atoms with van der Waals surface area (Å²) in [5.41, 5.74) is 2.64. The van der Waals surface area contributed by atoms with Gasteiger partial charge in [-0.2, -0.15) is 0 Å². The van der Waals surface area contributed by atoms with E-state index in [1.807, 2.05) is 26.0 Å². The summed E-state index contributed by atoms with van der Waals surface area (Å²) in [5.74, 6) is -1.04. The standard InChI is InChI=1S/C13H17BrN2O3/c1-4-10(12(17)18)16-13(19)15-9-5-7(2)11(14)8(3)6-9/h5-6,10H,4H2,1-3H3,(H,17,18)(H2,15,16,19)/t10-/m1/s1. The summed E-state index contributed by atoms with van der Waals surface area (Å²) < 4.78 is 0.996. The number of aryl methyl sites for hydroxylation is 2. The Morgan fingerprint density at radius 1 is 1.32 bits per heavy atom. The maximum Gasteiger partial charge on any atom is 0.326 e. The number of carboxylic acid groups (broad SMARTS) is 1. The lowest BCUT2D eigenvalue weighted by Gasteiger charge is -2.14. The molecule has 104 valence electrons. The number of nitrogens with one attached hydrogen (secondary N) is 2. The number of urea groups is 1. The zero-order valence-electron chi connectivity index (χ0n) is 11.1. The highest BCUT2D eigenvalue weighted by atomic mass is 79.9. The number of aliphatic carboxylic acids is 1. The van der Waals surface area contributed by atoms with Crippen LogP contribution in [0.3, 0.4) is 0 Å². The van der Waals surface area contributed by atoms with Gasteiger partial charge in [0.15, 0.2) is 0 Å². The smallest absolute Gasteiger partial charge is 0.326 e. The van der Waals surface area contributed by atoms with E-state index in [0.717, 1.165) is 15.6 Å². The van der Waals surface area contributed by atoms with E-state index in [1.54, 1.807) is 6.92 Å². The van der Waals surface area contributed by atoms with E-state index in [0.29, 0.717) is 12.1 Å². The van der Waals surface area contributed by atoms with E-state index >= 15 is 0 Å². The SMILES string of the molecule is CC[C@@H](NC(=O)Nc1cc(C)c(Br)c(C)c1)C(=O)O. The molecule has 1 aromatic rings. The van der Waals surface area contributed by atoms with Crippen LogP contribution in [0.4, 0.5) is 10.5 Å². The highest BCUT2D eigenvalue weighted by Gasteiger charge is 2.17. The van der Waals surface area contributed by atoms with E-state index < -0.39 is 18.0 Å². The van der Waals surface area contributed by atoms with Gasteiger partial charge in [0.2, 0.25) is 0 Å². The van der Waals surface area contributed by atoms with Crippen molar-refractivity contribution in [1.82, 2.24) is 5.32 Å². The van der Waals surface area contributed by atoms with Gasteiger partial charge < -0.3 is 15.7 Å². The number of amides is 2. The Kier molecular flexibility index (Phi) is 5.35. The van der Waals surface area contributed by atoms with Gasteiger partial charge in [0.1, 0.15) is 6.04 Å². The first-order valence-electron chi connectivity index (χ1n) is 5.92. The predicted molar refractivity (Wildman–Crippen MR) is 77.5 cm³/mol. The predicted octanol–water partition coefficient (Wildman–Crippen LogP) is 3.05. The van der Waals surface area contributed by atoms with Gasteiger partial charge in [-0.3, -0.25) is 0 Å². The minimum Gasteiger partial charge on any atom is -0.480 e. The van der Waals surface area contributed by atoms with Crippen LogP contribution >= 0.6 is 15.9 Å². The number of hydrogen-bond acceptors (Lipinski definition) is 2. The molecule has 0 radical (unpaired) electrons. The topological polar surface area (TPSA) is 78.4 Å². The summed E-state index contributed by atoms with van der Waals surface area (Å²) >= 11 is 3.44. The van der Waals surface area contributed by atoms with E-state index in [9.17, 15) is 9.59 Å². The first kappa shape index (κ1) is 15.5. The summed E-state index contributed by atoms with van der Waals surface area (Å²) in [6, 6.07) is 2.24. The summed E-state index contributed by atoms with van der Waals surface area (Å²) in [4.78, 5) is 22.5. The molecule has 0 aliphatic heterocycles. The lowest BCUT2D eigenvalue weighted by molar-refractivity contribution is -0.139. The van der Waals surface area contributed by atoms with Crippen molar-refractivity contribution in [2.75, 3.05) is 5.32 Å². The zero-order valence-corrected chi connectivity index (χ0v) is 12.7. The largest absolute Gasteiger partial charge is 0.480 e. The van der Waals surface area contributed by atoms with Crippen molar-refractivity contribution in [3.05, 3.63) is 27.7 Å². The van der Waals surface area contributed by atoms with E-state index in [1.165, 1.54) is 0 Å². The second-order valence-electron chi connectivity index (χ2n) is 4.32. The number of carboxylic acids is 1. The molecule has 5 nitrogen and oxygen atoms in total. The zero-order chi connectivity index (χ0) is 14.6. The molecule has 0 aromatic heterocycles. The van der Waals surface area contributed by atoms with Crippen LogP contribution in [-0.4, -0.2) is 23.1 Å². The third-order valence-corrected chi connectivity index (χ3v) is 3.96. The molecule has 1 aromatic carbocycles. The molecule has 0 saturated heterocycles. The normalized spacial score (nSPS) is 11.8. The second-order valence-corrected chi connectivity index (χ2v) is 5.11. The van der Waals surface area contributed by atoms with Gasteiger partial charge in [-0.15, -0.1) is 0 Å². The fraction of sp³-hybridized carbons (Fsp3) is 0.385. The molecule has 19 heavy (non-hydrogen) atoms. The summed E-state index contributed by atoms with van der Waals surface area (Å²) in [6.45, 7) is 5.55. The summed E-state index contributed by atoms with van der Waals surface area (Å²) in [7, 11) is 0. The Hall–Kier alpha value is -1.56. The van der Waals surface area contributed by atoms with Crippen molar-refractivity contribution in [1.29, 1.82) is 0 Å². The molecule has 0 aliphatic carbocycles. The van der Waals surface area contributed by atoms with E-state index in [-0.39, 0.29) is 0 Å². The highest BCUT2D eigenvalue weighted by Crippen LogP contribution is 2.24. The second kappa shape index (κ2) is 6.56. The van der Waals surface area contributed by atoms with Gasteiger partial charge in [0.25, 0.3) is 0 Å². The van der Waals surface area contributed by atoms with Crippen molar-refractivity contribution >= 4 is 33.6 Å². The van der Waals surface area contributed by atoms with Crippen molar-refractivity contribution in [2.45, 2.75) is 33.2 Å². The van der Waals surface area contributed by atoms with Crippen molar-refractivity contribution < 1.29 is 14.7 Å². The average molecular weight is 329 g/mol. The van der Waals surface area contributed by atoms with Gasteiger partial charge in [0.05, 0.1) is 0 Å². The lowest BCUT2D eigenvalue weighted by atomic mass is 10.1. The summed E-state index contributed by atoms with van der Waals surface area (Å²) in [5, 5.41) is 13.9. The molecular formula is C13H17BrN2O3. The Balaban J connectivity index is 2.75. The highest BCUT2D eigenvalue weighted by molar-refractivity contribution is 9.10. The van der Waals surface area contributed by atoms with Crippen LogP contribution in [0.2, 0.25) is 0 Å². The maximum absolute atomic E-state index is 11.7. The minimum atomic E-state index is -1.04. The van der Waals surface area contributed by atoms with Gasteiger partial charge in [-0.05, 0) is 43.5 Å². The average Bonchev–Trinajstić information content (AvgIpc) is 2.32. The molecule has 0 fully saturated rings. The molecule has 0 bridgehead atoms. The minimum absolute atomic E-state index is 0.334. The van der Waals surface area contributed by atoms with Gasteiger partial charge in [-0.1, -0.05) is 22.9 Å². The number of carbonyl (C=O) groups is 2. The van der Waals surface area contributed by atoms with Gasteiger partial charge >= 0.3 is 12.0 Å². The molecule has 1 atom stereocenters. The Labute approximate surface area is 120 Å². The van der Waals surface area contributed by atoms with Crippen molar-refractivity contribution in [3.8, 4) is 0 Å². The number of rotatable bonds is 4. The first-order valence-corrected chi connectivity index (χ1v) is 6.71. The molecule has 0 aliphatic rings. The number of hydrogen-bond donors (Lipinski definition) is 3. The van der Waals surface area contributed by atoms with Crippen LogP contribution in [0, 0.1) is 13.8 Å². The van der Waals surface area contributed by atoms with Crippen molar-refractivity contribution in [3.63, 3.8) is 0 Å². The molecule has 0 heterocycles. The van der Waals surface area contributed by atoms with Crippen LogP contribution in [0.25, 0.3) is 0 Å². The molecular weight excluding hydrogens is 312 g/mol. The molecule has 0 unspecified atom stereocenters. The third-order valence-electron chi connectivity index (χ3n) is 2.71. The molecule has 2 amide bonds. The summed E-state index contributed by atoms with van der Waals surface area (Å²) in [6.07, 6.45) is 0.334. The Bertz CT molecular complexity index is 480. The fourth-order valence-electron chi connectivity index (χ4n) is 1.68.